The summed E-state index contributed by atoms with van der Waals surface area (Å²) in [5.74, 6) is 0.452. The van der Waals surface area contributed by atoms with E-state index >= 15 is 0 Å². The summed E-state index contributed by atoms with van der Waals surface area (Å²) < 4.78 is 15.6. The van der Waals surface area contributed by atoms with Gasteiger partial charge in [-0.05, 0) is 18.1 Å². The number of alkyl halides is 1. The van der Waals surface area contributed by atoms with Gasteiger partial charge in [0.15, 0.2) is 5.75 Å². The first-order valence-corrected chi connectivity index (χ1v) is 6.75. The van der Waals surface area contributed by atoms with Gasteiger partial charge in [-0.3, -0.25) is 10.1 Å². The first-order valence-electron chi connectivity index (χ1n) is 6.21. The number of benzene rings is 1. The Morgan fingerprint density at radius 2 is 2.05 bits per heavy atom. The number of halogens is 1. The smallest absolute Gasteiger partial charge is 0.311 e. The molecular formula is C13H18ClNO5. The van der Waals surface area contributed by atoms with E-state index in [1.807, 2.05) is 0 Å². The molecule has 0 N–H and O–H groups in total. The molecule has 7 heteroatoms. The standard InChI is InChI=1S/C13H18ClNO5/c1-18-5-2-6-19-7-8-20-13-4-3-11(10-14)9-12(13)15(16)17/h3-4,9H,2,5-8,10H2,1H3. The Hall–Kier alpha value is -1.37. The summed E-state index contributed by atoms with van der Waals surface area (Å²) in [5, 5.41) is 10.9. The van der Waals surface area contributed by atoms with Crippen molar-refractivity contribution in [1.82, 2.24) is 0 Å². The van der Waals surface area contributed by atoms with E-state index in [1.165, 1.54) is 6.07 Å². The minimum Gasteiger partial charge on any atom is -0.484 e. The number of methoxy groups -OCH3 is 1. The second kappa shape index (κ2) is 9.52. The third kappa shape index (κ3) is 5.73. The van der Waals surface area contributed by atoms with Crippen molar-refractivity contribution >= 4 is 17.3 Å². The highest BCUT2D eigenvalue weighted by molar-refractivity contribution is 6.17. The Morgan fingerprint density at radius 3 is 2.70 bits per heavy atom. The fraction of sp³-hybridized carbons (Fsp3) is 0.538. The van der Waals surface area contributed by atoms with E-state index < -0.39 is 4.92 Å². The van der Waals surface area contributed by atoms with E-state index in [2.05, 4.69) is 0 Å². The zero-order valence-electron chi connectivity index (χ0n) is 11.3. The Labute approximate surface area is 122 Å². The summed E-state index contributed by atoms with van der Waals surface area (Å²) in [6.07, 6.45) is 0.807. The van der Waals surface area contributed by atoms with E-state index in [0.717, 1.165) is 6.42 Å². The van der Waals surface area contributed by atoms with Crippen LogP contribution < -0.4 is 4.74 Å². The molecule has 0 atom stereocenters. The average Bonchev–Trinajstić information content (AvgIpc) is 2.46. The lowest BCUT2D eigenvalue weighted by Crippen LogP contribution is -2.09. The summed E-state index contributed by atoms with van der Waals surface area (Å²) in [5.41, 5.74) is 0.601. The largest absolute Gasteiger partial charge is 0.484 e. The first-order chi connectivity index (χ1) is 9.69. The summed E-state index contributed by atoms with van der Waals surface area (Å²) >= 11 is 5.65. The highest BCUT2D eigenvalue weighted by atomic mass is 35.5. The van der Waals surface area contributed by atoms with Gasteiger partial charge in [0.05, 0.1) is 11.5 Å². The molecule has 0 radical (unpaired) electrons. The minimum absolute atomic E-state index is 0.0810. The van der Waals surface area contributed by atoms with Crippen molar-refractivity contribution in [2.45, 2.75) is 12.3 Å². The van der Waals surface area contributed by atoms with Crippen molar-refractivity contribution in [2.75, 3.05) is 33.5 Å². The molecule has 0 fully saturated rings. The molecule has 0 amide bonds. The highest BCUT2D eigenvalue weighted by Crippen LogP contribution is 2.28. The van der Waals surface area contributed by atoms with Gasteiger partial charge in [0.2, 0.25) is 0 Å². The van der Waals surface area contributed by atoms with Crippen molar-refractivity contribution in [1.29, 1.82) is 0 Å². The molecule has 1 aromatic carbocycles. The van der Waals surface area contributed by atoms with Crippen molar-refractivity contribution < 1.29 is 19.1 Å². The zero-order valence-corrected chi connectivity index (χ0v) is 12.1. The van der Waals surface area contributed by atoms with Crippen LogP contribution in [0.5, 0.6) is 5.75 Å². The van der Waals surface area contributed by atoms with Crippen LogP contribution in [0.2, 0.25) is 0 Å². The molecule has 0 unspecified atom stereocenters. The predicted octanol–water partition coefficient (Wildman–Crippen LogP) is 2.77. The molecule has 6 nitrogen and oxygen atoms in total. The lowest BCUT2D eigenvalue weighted by atomic mass is 10.2. The van der Waals surface area contributed by atoms with E-state index in [-0.39, 0.29) is 23.9 Å². The second-order valence-electron chi connectivity index (χ2n) is 4.00. The molecule has 0 spiro atoms. The third-order valence-electron chi connectivity index (χ3n) is 2.50. The van der Waals surface area contributed by atoms with Gasteiger partial charge in [0, 0.05) is 32.3 Å². The maximum Gasteiger partial charge on any atom is 0.311 e. The van der Waals surface area contributed by atoms with Crippen LogP contribution in [0.4, 0.5) is 5.69 Å². The molecule has 112 valence electrons. The molecular weight excluding hydrogens is 286 g/mol. The summed E-state index contributed by atoms with van der Waals surface area (Å²) in [4.78, 5) is 10.5. The van der Waals surface area contributed by atoms with Gasteiger partial charge < -0.3 is 14.2 Å². The molecule has 0 aromatic heterocycles. The number of hydrogen-bond acceptors (Lipinski definition) is 5. The fourth-order valence-electron chi connectivity index (χ4n) is 1.53. The number of nitro groups is 1. The third-order valence-corrected chi connectivity index (χ3v) is 2.81. The topological polar surface area (TPSA) is 70.8 Å². The van der Waals surface area contributed by atoms with Crippen molar-refractivity contribution in [3.05, 3.63) is 33.9 Å². The van der Waals surface area contributed by atoms with Crippen LogP contribution in [-0.2, 0) is 15.4 Å². The van der Waals surface area contributed by atoms with Gasteiger partial charge >= 0.3 is 5.69 Å². The molecule has 1 aromatic rings. The summed E-state index contributed by atoms with van der Waals surface area (Å²) in [6, 6.07) is 4.68. The van der Waals surface area contributed by atoms with Gasteiger partial charge in [-0.1, -0.05) is 6.07 Å². The highest BCUT2D eigenvalue weighted by Gasteiger charge is 2.15. The predicted molar refractivity (Wildman–Crippen MR) is 75.5 cm³/mol. The van der Waals surface area contributed by atoms with Crippen LogP contribution in [0.3, 0.4) is 0 Å². The minimum atomic E-state index is -0.481. The fourth-order valence-corrected chi connectivity index (χ4v) is 1.69. The molecule has 0 saturated carbocycles. The van der Waals surface area contributed by atoms with E-state index in [1.54, 1.807) is 19.2 Å². The van der Waals surface area contributed by atoms with E-state index in [4.69, 9.17) is 25.8 Å². The number of nitro benzene ring substituents is 1. The van der Waals surface area contributed by atoms with E-state index in [0.29, 0.717) is 25.4 Å². The van der Waals surface area contributed by atoms with Crippen LogP contribution in [0.15, 0.2) is 18.2 Å². The second-order valence-corrected chi connectivity index (χ2v) is 4.27. The van der Waals surface area contributed by atoms with Crippen molar-refractivity contribution in [2.24, 2.45) is 0 Å². The van der Waals surface area contributed by atoms with Gasteiger partial charge in [0.25, 0.3) is 0 Å². The van der Waals surface area contributed by atoms with Crippen LogP contribution in [0.25, 0.3) is 0 Å². The summed E-state index contributed by atoms with van der Waals surface area (Å²) in [7, 11) is 1.63. The quantitative estimate of drug-likeness (QED) is 0.288. The molecule has 0 saturated heterocycles. The van der Waals surface area contributed by atoms with Gasteiger partial charge in [-0.15, -0.1) is 11.6 Å². The Kier molecular flexibility index (Phi) is 7.94. The molecule has 20 heavy (non-hydrogen) atoms. The molecule has 0 aliphatic carbocycles. The SMILES string of the molecule is COCCCOCCOc1ccc(CCl)cc1[N+](=O)[O-]. The van der Waals surface area contributed by atoms with Crippen LogP contribution in [0.1, 0.15) is 12.0 Å². The Balaban J connectivity index is 2.41. The van der Waals surface area contributed by atoms with Crippen LogP contribution >= 0.6 is 11.6 Å². The molecule has 1 rings (SSSR count). The van der Waals surface area contributed by atoms with Gasteiger partial charge in [-0.2, -0.15) is 0 Å². The van der Waals surface area contributed by atoms with Gasteiger partial charge in [0.1, 0.15) is 6.61 Å². The molecule has 0 heterocycles. The summed E-state index contributed by atoms with van der Waals surface area (Å²) in [6.45, 7) is 1.85. The lowest BCUT2D eigenvalue weighted by Gasteiger charge is -2.08. The number of ether oxygens (including phenoxy) is 3. The maximum atomic E-state index is 10.9. The average molecular weight is 304 g/mol. The van der Waals surface area contributed by atoms with Crippen LogP contribution in [-0.4, -0.2) is 38.5 Å². The van der Waals surface area contributed by atoms with E-state index in [9.17, 15) is 10.1 Å². The van der Waals surface area contributed by atoms with Crippen LogP contribution in [0, 0.1) is 10.1 Å². The Morgan fingerprint density at radius 1 is 1.25 bits per heavy atom. The number of nitrogens with zero attached hydrogens (tertiary/aromatic N) is 1. The number of hydrogen-bond donors (Lipinski definition) is 0. The van der Waals surface area contributed by atoms with Crippen molar-refractivity contribution in [3.8, 4) is 5.75 Å². The number of rotatable bonds is 10. The molecule has 0 aliphatic heterocycles. The monoisotopic (exact) mass is 303 g/mol. The molecule has 0 bridgehead atoms. The first kappa shape index (κ1) is 16.7. The van der Waals surface area contributed by atoms with Gasteiger partial charge in [-0.25, -0.2) is 0 Å². The van der Waals surface area contributed by atoms with Crippen molar-refractivity contribution in [3.63, 3.8) is 0 Å². The Bertz CT molecular complexity index is 427. The lowest BCUT2D eigenvalue weighted by molar-refractivity contribution is -0.385. The molecule has 0 aliphatic rings. The zero-order chi connectivity index (χ0) is 14.8. The maximum absolute atomic E-state index is 10.9. The normalized spacial score (nSPS) is 10.5.